The molecule has 1 saturated heterocycles. The van der Waals surface area contributed by atoms with Crippen LogP contribution < -0.4 is 10.6 Å². The molecule has 0 unspecified atom stereocenters. The van der Waals surface area contributed by atoms with Gasteiger partial charge < -0.3 is 10.6 Å². The highest BCUT2D eigenvalue weighted by atomic mass is 16.2. The lowest BCUT2D eigenvalue weighted by Gasteiger charge is -2.23. The molecule has 1 aliphatic heterocycles. The van der Waals surface area contributed by atoms with Gasteiger partial charge in [0, 0.05) is 12.5 Å². The van der Waals surface area contributed by atoms with Crippen molar-refractivity contribution < 1.29 is 4.79 Å². The Kier molecular flexibility index (Phi) is 4.73. The Hall–Kier alpha value is -2.64. The maximum atomic E-state index is 12.5. The fourth-order valence-electron chi connectivity index (χ4n) is 4.24. The molecule has 4 atom stereocenters. The van der Waals surface area contributed by atoms with Gasteiger partial charge in [0.1, 0.15) is 6.04 Å². The lowest BCUT2D eigenvalue weighted by Crippen LogP contribution is -2.50. The Balaban J connectivity index is 1.37. The Labute approximate surface area is 154 Å². The largest absolute Gasteiger partial charge is 0.339 e. The molecule has 2 aliphatic rings. The van der Waals surface area contributed by atoms with Crippen molar-refractivity contribution in [2.24, 2.45) is 5.92 Å². The minimum atomic E-state index is -0.494. The maximum absolute atomic E-state index is 12.5. The van der Waals surface area contributed by atoms with Gasteiger partial charge in [0.15, 0.2) is 0 Å². The summed E-state index contributed by atoms with van der Waals surface area (Å²) in [5.41, 5.74) is 3.38. The highest BCUT2D eigenvalue weighted by Crippen LogP contribution is 2.35. The van der Waals surface area contributed by atoms with Gasteiger partial charge in [0.25, 0.3) is 0 Å². The van der Waals surface area contributed by atoms with E-state index in [0.29, 0.717) is 18.4 Å². The van der Waals surface area contributed by atoms with Gasteiger partial charge in [0.2, 0.25) is 5.91 Å². The Morgan fingerprint density at radius 2 is 1.85 bits per heavy atom. The minimum Gasteiger partial charge on any atom is -0.339 e. The van der Waals surface area contributed by atoms with Crippen molar-refractivity contribution >= 4 is 5.91 Å². The molecule has 1 aliphatic carbocycles. The lowest BCUT2D eigenvalue weighted by atomic mass is 9.98. The van der Waals surface area contributed by atoms with Gasteiger partial charge in [-0.05, 0) is 41.9 Å². The highest BCUT2D eigenvalue weighted by Gasteiger charge is 2.42. The number of amides is 1. The number of piperidine rings is 1. The second-order valence-corrected chi connectivity index (χ2v) is 7.37. The number of benzene rings is 2. The predicted molar refractivity (Wildman–Crippen MR) is 101 cm³/mol. The zero-order valence-electron chi connectivity index (χ0n) is 14.7. The molecule has 4 heteroatoms. The van der Waals surface area contributed by atoms with Crippen LogP contribution in [0.3, 0.4) is 0 Å². The normalized spacial score (nSPS) is 24.8. The van der Waals surface area contributed by atoms with E-state index in [0.717, 1.165) is 24.0 Å². The summed E-state index contributed by atoms with van der Waals surface area (Å²) < 4.78 is 0. The van der Waals surface area contributed by atoms with Crippen LogP contribution in [0.5, 0.6) is 0 Å². The van der Waals surface area contributed by atoms with Gasteiger partial charge >= 0.3 is 0 Å². The quantitative estimate of drug-likeness (QED) is 0.875. The fourth-order valence-corrected chi connectivity index (χ4v) is 4.24. The maximum Gasteiger partial charge on any atom is 0.238 e. The van der Waals surface area contributed by atoms with E-state index < -0.39 is 6.04 Å². The Morgan fingerprint density at radius 3 is 2.46 bits per heavy atom. The van der Waals surface area contributed by atoms with E-state index in [1.54, 1.807) is 0 Å². The molecule has 1 saturated carbocycles. The first-order valence-electron chi connectivity index (χ1n) is 9.33. The zero-order chi connectivity index (χ0) is 17.9. The summed E-state index contributed by atoms with van der Waals surface area (Å²) in [6, 6.07) is 20.5. The molecule has 0 aromatic heterocycles. The van der Waals surface area contributed by atoms with E-state index >= 15 is 0 Å². The van der Waals surface area contributed by atoms with E-state index in [-0.39, 0.29) is 11.9 Å². The molecule has 4 nitrogen and oxygen atoms in total. The van der Waals surface area contributed by atoms with Gasteiger partial charge in [-0.25, -0.2) is 0 Å². The molecule has 2 N–H and O–H groups in total. The molecule has 132 valence electrons. The van der Waals surface area contributed by atoms with Crippen LogP contribution in [0, 0.1) is 17.2 Å². The van der Waals surface area contributed by atoms with E-state index in [1.165, 1.54) is 12.0 Å². The van der Waals surface area contributed by atoms with Gasteiger partial charge in [-0.3, -0.25) is 4.79 Å². The molecule has 2 bridgehead atoms. The third-order valence-corrected chi connectivity index (χ3v) is 5.62. The lowest BCUT2D eigenvalue weighted by molar-refractivity contribution is -0.124. The van der Waals surface area contributed by atoms with E-state index in [1.807, 2.05) is 30.3 Å². The molecule has 4 rings (SSSR count). The summed E-state index contributed by atoms with van der Waals surface area (Å²) in [5, 5.41) is 15.8. The first kappa shape index (κ1) is 16.8. The first-order valence-corrected chi connectivity index (χ1v) is 9.33. The molecule has 2 aromatic carbocycles. The highest BCUT2D eigenvalue weighted by molar-refractivity contribution is 5.83. The van der Waals surface area contributed by atoms with E-state index in [2.05, 4.69) is 41.0 Å². The molecule has 2 aromatic rings. The van der Waals surface area contributed by atoms with Crippen LogP contribution in [0.2, 0.25) is 0 Å². The number of hydrogen-bond acceptors (Lipinski definition) is 3. The van der Waals surface area contributed by atoms with Crippen molar-refractivity contribution in [2.45, 2.75) is 43.8 Å². The number of carbonyl (C=O) groups is 1. The number of nitriles is 1. The average Bonchev–Trinajstić information content (AvgIpc) is 3.32. The van der Waals surface area contributed by atoms with Crippen molar-refractivity contribution in [3.05, 3.63) is 60.2 Å². The van der Waals surface area contributed by atoms with Crippen molar-refractivity contribution in [1.29, 1.82) is 5.26 Å². The average molecular weight is 345 g/mol. The van der Waals surface area contributed by atoms with Gasteiger partial charge in [-0.2, -0.15) is 5.26 Å². The first-order chi connectivity index (χ1) is 12.7. The minimum absolute atomic E-state index is 0.0235. The second kappa shape index (κ2) is 7.31. The van der Waals surface area contributed by atoms with Crippen LogP contribution in [-0.4, -0.2) is 24.0 Å². The van der Waals surface area contributed by atoms with E-state index in [4.69, 9.17) is 0 Å². The van der Waals surface area contributed by atoms with E-state index in [9.17, 15) is 10.1 Å². The number of fused-ring (bicyclic) bond motifs is 2. The second-order valence-electron chi connectivity index (χ2n) is 7.37. The summed E-state index contributed by atoms with van der Waals surface area (Å²) >= 11 is 0. The molecular weight excluding hydrogens is 322 g/mol. The topological polar surface area (TPSA) is 64.9 Å². The third-order valence-electron chi connectivity index (χ3n) is 5.62. The molecule has 0 spiro atoms. The molecule has 2 fully saturated rings. The summed E-state index contributed by atoms with van der Waals surface area (Å²) in [6.07, 6.45) is 3.91. The van der Waals surface area contributed by atoms with Crippen LogP contribution >= 0.6 is 0 Å². The molecule has 1 heterocycles. The Morgan fingerprint density at radius 1 is 1.12 bits per heavy atom. The number of carbonyl (C=O) groups excluding carboxylic acids is 1. The molecule has 1 amide bonds. The van der Waals surface area contributed by atoms with Crippen molar-refractivity contribution in [3.8, 4) is 17.2 Å². The number of nitrogens with one attached hydrogen (secondary N) is 2. The van der Waals surface area contributed by atoms with Crippen LogP contribution in [0.15, 0.2) is 54.6 Å². The standard InChI is InChI=1S/C22H23N3O/c23-14-20(25-22(26)21-18-10-11-19(13-18)24-21)12-15-6-8-17(9-7-15)16-4-2-1-3-5-16/h1-9,18-21,24H,10-13H2,(H,25,26)/t18-,19+,20-,21-/m0/s1. The van der Waals surface area contributed by atoms with Gasteiger partial charge in [0.05, 0.1) is 12.1 Å². The summed E-state index contributed by atoms with van der Waals surface area (Å²) in [6.45, 7) is 0. The van der Waals surface area contributed by atoms with Gasteiger partial charge in [-0.15, -0.1) is 0 Å². The third kappa shape index (κ3) is 3.49. The molecule has 0 radical (unpaired) electrons. The van der Waals surface area contributed by atoms with Crippen molar-refractivity contribution in [2.75, 3.05) is 0 Å². The number of nitrogens with zero attached hydrogens (tertiary/aromatic N) is 1. The van der Waals surface area contributed by atoms with Crippen LogP contribution in [0.25, 0.3) is 11.1 Å². The SMILES string of the molecule is N#C[C@H](Cc1ccc(-c2ccccc2)cc1)NC(=O)[C@H]1N[C@@H]2CC[C@H]1C2. The van der Waals surface area contributed by atoms with Crippen molar-refractivity contribution in [3.63, 3.8) is 0 Å². The number of rotatable bonds is 5. The summed E-state index contributed by atoms with van der Waals surface area (Å²) in [5.74, 6) is 0.411. The molecule has 26 heavy (non-hydrogen) atoms. The van der Waals surface area contributed by atoms with Gasteiger partial charge in [-0.1, -0.05) is 54.6 Å². The monoisotopic (exact) mass is 345 g/mol. The number of hydrogen-bond donors (Lipinski definition) is 2. The van der Waals surface area contributed by atoms with Crippen LogP contribution in [-0.2, 0) is 11.2 Å². The smallest absolute Gasteiger partial charge is 0.238 e. The van der Waals surface area contributed by atoms with Crippen LogP contribution in [0.4, 0.5) is 0 Å². The zero-order valence-corrected chi connectivity index (χ0v) is 14.7. The van der Waals surface area contributed by atoms with Crippen molar-refractivity contribution in [1.82, 2.24) is 10.6 Å². The van der Waals surface area contributed by atoms with Crippen LogP contribution in [0.1, 0.15) is 24.8 Å². The fraction of sp³-hybridized carbons (Fsp3) is 0.364. The molecular formula is C22H23N3O. The predicted octanol–water partition coefficient (Wildman–Crippen LogP) is 3.04. The summed E-state index contributed by atoms with van der Waals surface area (Å²) in [7, 11) is 0. The summed E-state index contributed by atoms with van der Waals surface area (Å²) in [4.78, 5) is 12.5. The Bertz CT molecular complexity index is 810.